The number of nitrogens with zero attached hydrogens (tertiary/aromatic N) is 3. The standard InChI is InChI=1S/C22H21N5O3/c1-12(2)10-13-6-3-4-9-16(13)27-21-18(25-22(27)30)17(19(23)29)24-20(26-21)14-7-5-8-15(28)11-14/h3-9,11-12,28H,10H2,1-2H3,(H2,23,29)(H,25,30). The Morgan fingerprint density at radius 3 is 2.63 bits per heavy atom. The molecule has 0 aliphatic heterocycles. The summed E-state index contributed by atoms with van der Waals surface area (Å²) in [5.41, 5.74) is 7.59. The minimum absolute atomic E-state index is 0.0329. The summed E-state index contributed by atoms with van der Waals surface area (Å²) in [4.78, 5) is 36.5. The fraction of sp³-hybridized carbons (Fsp3) is 0.182. The summed E-state index contributed by atoms with van der Waals surface area (Å²) in [6.07, 6.45) is 0.766. The topological polar surface area (TPSA) is 127 Å². The van der Waals surface area contributed by atoms with Gasteiger partial charge in [0.05, 0.1) is 5.69 Å². The zero-order valence-corrected chi connectivity index (χ0v) is 16.6. The summed E-state index contributed by atoms with van der Waals surface area (Å²) < 4.78 is 1.44. The zero-order valence-electron chi connectivity index (χ0n) is 16.6. The minimum Gasteiger partial charge on any atom is -0.508 e. The van der Waals surface area contributed by atoms with Crippen molar-refractivity contribution < 1.29 is 9.90 Å². The summed E-state index contributed by atoms with van der Waals surface area (Å²) in [7, 11) is 0. The number of rotatable bonds is 5. The van der Waals surface area contributed by atoms with Gasteiger partial charge in [-0.05, 0) is 36.1 Å². The molecular weight excluding hydrogens is 382 g/mol. The van der Waals surface area contributed by atoms with Gasteiger partial charge < -0.3 is 15.8 Å². The molecule has 0 fully saturated rings. The van der Waals surface area contributed by atoms with Crippen molar-refractivity contribution in [1.29, 1.82) is 0 Å². The largest absolute Gasteiger partial charge is 0.508 e. The summed E-state index contributed by atoms with van der Waals surface area (Å²) >= 11 is 0. The maximum atomic E-state index is 12.9. The van der Waals surface area contributed by atoms with E-state index in [1.807, 2.05) is 24.3 Å². The molecule has 0 aliphatic rings. The molecule has 0 radical (unpaired) electrons. The fourth-order valence-corrected chi connectivity index (χ4v) is 3.50. The van der Waals surface area contributed by atoms with Gasteiger partial charge >= 0.3 is 5.69 Å². The van der Waals surface area contributed by atoms with Crippen LogP contribution in [0.5, 0.6) is 5.75 Å². The van der Waals surface area contributed by atoms with E-state index in [1.165, 1.54) is 16.7 Å². The number of hydrogen-bond acceptors (Lipinski definition) is 5. The number of para-hydroxylation sites is 1. The summed E-state index contributed by atoms with van der Waals surface area (Å²) in [6, 6.07) is 13.9. The Morgan fingerprint density at radius 2 is 1.93 bits per heavy atom. The molecule has 4 N–H and O–H groups in total. The van der Waals surface area contributed by atoms with Gasteiger partial charge in [-0.1, -0.05) is 44.2 Å². The molecule has 30 heavy (non-hydrogen) atoms. The number of fused-ring (bicyclic) bond motifs is 1. The van der Waals surface area contributed by atoms with Crippen LogP contribution in [0.25, 0.3) is 28.2 Å². The fourth-order valence-electron chi connectivity index (χ4n) is 3.50. The molecule has 152 valence electrons. The number of phenols is 1. The van der Waals surface area contributed by atoms with E-state index in [0.717, 1.165) is 12.0 Å². The Bertz CT molecular complexity index is 1320. The maximum Gasteiger partial charge on any atom is 0.332 e. The zero-order chi connectivity index (χ0) is 21.4. The lowest BCUT2D eigenvalue weighted by Crippen LogP contribution is -2.17. The molecule has 0 unspecified atom stereocenters. The van der Waals surface area contributed by atoms with Gasteiger partial charge in [-0.25, -0.2) is 19.3 Å². The lowest BCUT2D eigenvalue weighted by molar-refractivity contribution is 0.0997. The molecule has 8 nitrogen and oxygen atoms in total. The SMILES string of the molecule is CC(C)Cc1ccccc1-n1c(=O)[nH]c2c(C(N)=O)nc(-c3cccc(O)c3)nc21. The predicted molar refractivity (Wildman–Crippen MR) is 114 cm³/mol. The Labute approximate surface area is 172 Å². The van der Waals surface area contributed by atoms with Crippen LogP contribution in [-0.4, -0.2) is 30.5 Å². The average Bonchev–Trinajstić information content (AvgIpc) is 3.02. The number of nitrogens with one attached hydrogen (secondary N) is 1. The maximum absolute atomic E-state index is 12.9. The summed E-state index contributed by atoms with van der Waals surface area (Å²) in [5, 5.41) is 9.81. The van der Waals surface area contributed by atoms with Crippen LogP contribution in [0.3, 0.4) is 0 Å². The minimum atomic E-state index is -0.785. The van der Waals surface area contributed by atoms with Crippen molar-refractivity contribution >= 4 is 17.1 Å². The molecule has 0 saturated heterocycles. The van der Waals surface area contributed by atoms with Crippen molar-refractivity contribution in [3.05, 3.63) is 70.3 Å². The van der Waals surface area contributed by atoms with Gasteiger partial charge in [-0.2, -0.15) is 0 Å². The first-order valence-corrected chi connectivity index (χ1v) is 9.55. The Morgan fingerprint density at radius 1 is 1.17 bits per heavy atom. The van der Waals surface area contributed by atoms with Gasteiger partial charge in [0.15, 0.2) is 17.2 Å². The van der Waals surface area contributed by atoms with E-state index in [1.54, 1.807) is 12.1 Å². The van der Waals surface area contributed by atoms with Crippen LogP contribution in [0.4, 0.5) is 0 Å². The number of aromatic nitrogens is 4. The third-order valence-electron chi connectivity index (χ3n) is 4.74. The molecule has 0 bridgehead atoms. The Hall–Kier alpha value is -3.94. The van der Waals surface area contributed by atoms with E-state index < -0.39 is 11.6 Å². The number of aromatic hydroxyl groups is 1. The van der Waals surface area contributed by atoms with Crippen molar-refractivity contribution in [3.8, 4) is 22.8 Å². The van der Waals surface area contributed by atoms with Crippen LogP contribution >= 0.6 is 0 Å². The molecule has 0 spiro atoms. The first-order chi connectivity index (χ1) is 14.3. The third kappa shape index (κ3) is 3.43. The molecule has 2 aromatic heterocycles. The molecule has 1 amide bonds. The van der Waals surface area contributed by atoms with Crippen molar-refractivity contribution in [2.75, 3.05) is 0 Å². The first kappa shape index (κ1) is 19.4. The number of benzene rings is 2. The van der Waals surface area contributed by atoms with Crippen molar-refractivity contribution in [2.24, 2.45) is 11.7 Å². The van der Waals surface area contributed by atoms with Gasteiger partial charge in [0.2, 0.25) is 0 Å². The van der Waals surface area contributed by atoms with Crippen LogP contribution in [-0.2, 0) is 6.42 Å². The highest BCUT2D eigenvalue weighted by Gasteiger charge is 2.21. The van der Waals surface area contributed by atoms with Crippen molar-refractivity contribution in [3.63, 3.8) is 0 Å². The third-order valence-corrected chi connectivity index (χ3v) is 4.74. The van der Waals surface area contributed by atoms with E-state index in [9.17, 15) is 14.7 Å². The molecule has 2 aromatic carbocycles. The second-order valence-electron chi connectivity index (χ2n) is 7.50. The monoisotopic (exact) mass is 403 g/mol. The van der Waals surface area contributed by atoms with E-state index >= 15 is 0 Å². The highest BCUT2D eigenvalue weighted by molar-refractivity contribution is 6.02. The number of carbonyl (C=O) groups excluding carboxylic acids is 1. The molecule has 4 rings (SSSR count). The van der Waals surface area contributed by atoms with Gasteiger partial charge in [-0.3, -0.25) is 4.79 Å². The lowest BCUT2D eigenvalue weighted by atomic mass is 10.0. The van der Waals surface area contributed by atoms with Crippen LogP contribution in [0.2, 0.25) is 0 Å². The quantitative estimate of drug-likeness (QED) is 0.472. The predicted octanol–water partition coefficient (Wildman–Crippen LogP) is 2.78. The molecule has 0 aliphatic carbocycles. The van der Waals surface area contributed by atoms with Gasteiger partial charge in [0, 0.05) is 5.56 Å². The van der Waals surface area contributed by atoms with Crippen LogP contribution in [0.15, 0.2) is 53.3 Å². The summed E-state index contributed by atoms with van der Waals surface area (Å²) in [5.74, 6) is -0.190. The number of imidazole rings is 1. The van der Waals surface area contributed by atoms with E-state index in [2.05, 4.69) is 28.8 Å². The number of phenolic OH excluding ortho intramolecular Hbond substituents is 1. The van der Waals surface area contributed by atoms with Crippen LogP contribution in [0.1, 0.15) is 29.9 Å². The van der Waals surface area contributed by atoms with Crippen molar-refractivity contribution in [1.82, 2.24) is 19.5 Å². The Balaban J connectivity index is 2.05. The number of primary amides is 1. The first-order valence-electron chi connectivity index (χ1n) is 9.55. The second-order valence-corrected chi connectivity index (χ2v) is 7.50. The summed E-state index contributed by atoms with van der Waals surface area (Å²) in [6.45, 7) is 4.20. The smallest absolute Gasteiger partial charge is 0.332 e. The van der Waals surface area contributed by atoms with E-state index in [4.69, 9.17) is 5.73 Å². The molecular formula is C22H21N5O3. The number of carbonyl (C=O) groups is 1. The number of hydrogen-bond donors (Lipinski definition) is 3. The number of aromatic amines is 1. The molecule has 8 heteroatoms. The van der Waals surface area contributed by atoms with Gasteiger partial charge in [0.1, 0.15) is 11.3 Å². The number of amides is 1. The van der Waals surface area contributed by atoms with Crippen molar-refractivity contribution in [2.45, 2.75) is 20.3 Å². The molecule has 2 heterocycles. The molecule has 0 atom stereocenters. The average molecular weight is 403 g/mol. The van der Waals surface area contributed by atoms with Gasteiger partial charge in [-0.15, -0.1) is 0 Å². The highest BCUT2D eigenvalue weighted by Crippen LogP contribution is 2.25. The van der Waals surface area contributed by atoms with Crippen LogP contribution in [0, 0.1) is 5.92 Å². The number of H-pyrrole nitrogens is 1. The van der Waals surface area contributed by atoms with E-state index in [-0.39, 0.29) is 28.4 Å². The second kappa shape index (κ2) is 7.47. The van der Waals surface area contributed by atoms with Crippen LogP contribution < -0.4 is 11.4 Å². The normalized spacial score (nSPS) is 11.3. The Kier molecular flexibility index (Phi) is 4.83. The molecule has 0 saturated carbocycles. The lowest BCUT2D eigenvalue weighted by Gasteiger charge is -2.12. The highest BCUT2D eigenvalue weighted by atomic mass is 16.3. The van der Waals surface area contributed by atoms with Gasteiger partial charge in [0.25, 0.3) is 5.91 Å². The molecule has 4 aromatic rings. The van der Waals surface area contributed by atoms with E-state index in [0.29, 0.717) is 17.2 Å². The number of nitrogens with two attached hydrogens (primary N) is 1.